The van der Waals surface area contributed by atoms with Crippen molar-refractivity contribution >= 4 is 5.97 Å². The highest BCUT2D eigenvalue weighted by atomic mass is 16.6. The molecular formula is C20H28O3. The topological polar surface area (TPSA) is 35.5 Å². The number of rotatable bonds is 5. The molecule has 1 aromatic carbocycles. The van der Waals surface area contributed by atoms with Crippen LogP contribution in [0.2, 0.25) is 0 Å². The predicted molar refractivity (Wildman–Crippen MR) is 90.1 cm³/mol. The number of carbonyl (C=O) groups excluding carboxylic acids is 1. The average molecular weight is 316 g/mol. The molecule has 23 heavy (non-hydrogen) atoms. The van der Waals surface area contributed by atoms with E-state index in [0.29, 0.717) is 0 Å². The lowest BCUT2D eigenvalue weighted by molar-refractivity contribution is -0.170. The van der Waals surface area contributed by atoms with Gasteiger partial charge in [0.05, 0.1) is 6.10 Å². The van der Waals surface area contributed by atoms with Gasteiger partial charge in [-0.05, 0) is 44.1 Å². The average Bonchev–Trinajstić information content (AvgIpc) is 2.62. The van der Waals surface area contributed by atoms with Gasteiger partial charge in [-0.15, -0.1) is 0 Å². The van der Waals surface area contributed by atoms with Gasteiger partial charge in [-0.3, -0.25) is 0 Å². The molecule has 0 N–H and O–H groups in total. The molecule has 3 rings (SSSR count). The Kier molecular flexibility index (Phi) is 6.09. The quantitative estimate of drug-likeness (QED) is 0.721. The SMILES string of the molecule is O=C(OC1CCCCC1)[C@@H](OC1CCCCC1)c1ccccc1. The zero-order valence-electron chi connectivity index (χ0n) is 13.9. The number of carbonyl (C=O) groups is 1. The van der Waals surface area contributed by atoms with Crippen molar-refractivity contribution in [2.45, 2.75) is 82.5 Å². The summed E-state index contributed by atoms with van der Waals surface area (Å²) in [7, 11) is 0. The van der Waals surface area contributed by atoms with E-state index in [0.717, 1.165) is 44.1 Å². The molecule has 0 spiro atoms. The molecule has 1 atom stereocenters. The van der Waals surface area contributed by atoms with Gasteiger partial charge in [-0.25, -0.2) is 4.79 Å². The monoisotopic (exact) mass is 316 g/mol. The van der Waals surface area contributed by atoms with E-state index in [1.807, 2.05) is 30.3 Å². The summed E-state index contributed by atoms with van der Waals surface area (Å²) >= 11 is 0. The molecule has 0 unspecified atom stereocenters. The maximum Gasteiger partial charge on any atom is 0.340 e. The smallest absolute Gasteiger partial charge is 0.340 e. The number of hydrogen-bond donors (Lipinski definition) is 0. The van der Waals surface area contributed by atoms with Crippen LogP contribution in [-0.4, -0.2) is 18.2 Å². The third-order valence-corrected chi connectivity index (χ3v) is 5.03. The summed E-state index contributed by atoms with van der Waals surface area (Å²) in [6.07, 6.45) is 11.1. The van der Waals surface area contributed by atoms with Crippen molar-refractivity contribution in [3.8, 4) is 0 Å². The van der Waals surface area contributed by atoms with Crippen molar-refractivity contribution in [1.82, 2.24) is 0 Å². The Bertz CT molecular complexity index is 473. The maximum absolute atomic E-state index is 12.7. The van der Waals surface area contributed by atoms with Crippen molar-refractivity contribution in [1.29, 1.82) is 0 Å². The Morgan fingerprint density at radius 1 is 0.826 bits per heavy atom. The van der Waals surface area contributed by atoms with Gasteiger partial charge in [0.25, 0.3) is 0 Å². The van der Waals surface area contributed by atoms with Crippen LogP contribution in [0.5, 0.6) is 0 Å². The molecule has 0 saturated heterocycles. The summed E-state index contributed by atoms with van der Waals surface area (Å²) in [4.78, 5) is 12.7. The number of ether oxygens (including phenoxy) is 2. The molecule has 0 amide bonds. The number of hydrogen-bond acceptors (Lipinski definition) is 3. The Hall–Kier alpha value is -1.35. The largest absolute Gasteiger partial charge is 0.460 e. The van der Waals surface area contributed by atoms with Crippen LogP contribution in [0, 0.1) is 0 Å². The van der Waals surface area contributed by atoms with Crippen LogP contribution in [0.15, 0.2) is 30.3 Å². The van der Waals surface area contributed by atoms with E-state index in [2.05, 4.69) is 0 Å². The standard InChI is InChI=1S/C20H28O3/c21-20(23-18-14-8-3-9-15-18)19(16-10-4-1-5-11-16)22-17-12-6-2-7-13-17/h1,4-5,10-11,17-19H,2-3,6-9,12-15H2/t19-/m0/s1. The normalized spacial score (nSPS) is 21.7. The third-order valence-electron chi connectivity index (χ3n) is 5.03. The first-order chi connectivity index (χ1) is 11.3. The third kappa shape index (κ3) is 4.81. The Morgan fingerprint density at radius 2 is 1.39 bits per heavy atom. The molecule has 0 aromatic heterocycles. The van der Waals surface area contributed by atoms with Crippen molar-refractivity contribution in [3.05, 3.63) is 35.9 Å². The van der Waals surface area contributed by atoms with E-state index in [1.54, 1.807) is 0 Å². The zero-order chi connectivity index (χ0) is 15.9. The minimum Gasteiger partial charge on any atom is -0.460 e. The van der Waals surface area contributed by atoms with Crippen molar-refractivity contribution in [2.75, 3.05) is 0 Å². The van der Waals surface area contributed by atoms with E-state index in [4.69, 9.17) is 9.47 Å². The van der Waals surface area contributed by atoms with Crippen LogP contribution < -0.4 is 0 Å². The first-order valence-electron chi connectivity index (χ1n) is 9.24. The van der Waals surface area contributed by atoms with E-state index in [-0.39, 0.29) is 18.2 Å². The summed E-state index contributed by atoms with van der Waals surface area (Å²) in [5, 5.41) is 0. The van der Waals surface area contributed by atoms with Gasteiger partial charge in [-0.2, -0.15) is 0 Å². The van der Waals surface area contributed by atoms with E-state index in [9.17, 15) is 4.79 Å². The summed E-state index contributed by atoms with van der Waals surface area (Å²) < 4.78 is 12.0. The van der Waals surface area contributed by atoms with Gasteiger partial charge in [0.15, 0.2) is 6.10 Å². The van der Waals surface area contributed by atoms with Gasteiger partial charge in [-0.1, -0.05) is 56.0 Å². The highest BCUT2D eigenvalue weighted by Gasteiger charge is 2.30. The highest BCUT2D eigenvalue weighted by Crippen LogP contribution is 2.29. The number of benzene rings is 1. The van der Waals surface area contributed by atoms with Gasteiger partial charge in [0, 0.05) is 0 Å². The van der Waals surface area contributed by atoms with Gasteiger partial charge in [0.1, 0.15) is 6.10 Å². The van der Waals surface area contributed by atoms with Crippen molar-refractivity contribution in [3.63, 3.8) is 0 Å². The molecule has 2 aliphatic rings. The van der Waals surface area contributed by atoms with Gasteiger partial charge < -0.3 is 9.47 Å². The summed E-state index contributed by atoms with van der Waals surface area (Å²) in [5.74, 6) is -0.200. The molecule has 126 valence electrons. The molecule has 2 aliphatic carbocycles. The molecule has 0 radical (unpaired) electrons. The van der Waals surface area contributed by atoms with E-state index in [1.165, 1.54) is 25.7 Å². The Balaban J connectivity index is 1.67. The first-order valence-corrected chi connectivity index (χ1v) is 9.24. The Labute approximate surface area is 139 Å². The minimum atomic E-state index is -0.568. The van der Waals surface area contributed by atoms with Gasteiger partial charge >= 0.3 is 5.97 Å². The molecule has 2 saturated carbocycles. The molecule has 0 bridgehead atoms. The molecule has 0 heterocycles. The molecule has 3 nitrogen and oxygen atoms in total. The second kappa shape index (κ2) is 8.49. The lowest BCUT2D eigenvalue weighted by Crippen LogP contribution is -2.29. The molecule has 1 aromatic rings. The lowest BCUT2D eigenvalue weighted by atomic mass is 9.97. The van der Waals surface area contributed by atoms with Crippen LogP contribution in [0.4, 0.5) is 0 Å². The lowest BCUT2D eigenvalue weighted by Gasteiger charge is -2.29. The first kappa shape index (κ1) is 16.5. The van der Waals surface area contributed by atoms with E-state index >= 15 is 0 Å². The molecule has 3 heteroatoms. The van der Waals surface area contributed by atoms with Crippen LogP contribution >= 0.6 is 0 Å². The molecular weight excluding hydrogens is 288 g/mol. The summed E-state index contributed by atoms with van der Waals surface area (Å²) in [5.41, 5.74) is 0.916. The van der Waals surface area contributed by atoms with Crippen LogP contribution in [0.1, 0.15) is 75.9 Å². The minimum absolute atomic E-state index is 0.0809. The number of esters is 1. The predicted octanol–water partition coefficient (Wildman–Crippen LogP) is 4.95. The fourth-order valence-electron chi connectivity index (χ4n) is 3.70. The second-order valence-corrected chi connectivity index (χ2v) is 6.88. The van der Waals surface area contributed by atoms with E-state index < -0.39 is 6.10 Å². The summed E-state index contributed by atoms with van der Waals surface area (Å²) in [6.45, 7) is 0. The highest BCUT2D eigenvalue weighted by molar-refractivity contribution is 5.76. The van der Waals surface area contributed by atoms with Crippen LogP contribution in [-0.2, 0) is 14.3 Å². The Morgan fingerprint density at radius 3 is 2.00 bits per heavy atom. The maximum atomic E-state index is 12.7. The van der Waals surface area contributed by atoms with Crippen LogP contribution in [0.3, 0.4) is 0 Å². The van der Waals surface area contributed by atoms with Gasteiger partial charge in [0.2, 0.25) is 0 Å². The second-order valence-electron chi connectivity index (χ2n) is 6.88. The van der Waals surface area contributed by atoms with Crippen molar-refractivity contribution in [2.24, 2.45) is 0 Å². The summed E-state index contributed by atoms with van der Waals surface area (Å²) in [6, 6.07) is 9.82. The fourth-order valence-corrected chi connectivity index (χ4v) is 3.70. The van der Waals surface area contributed by atoms with Crippen LogP contribution in [0.25, 0.3) is 0 Å². The fraction of sp³-hybridized carbons (Fsp3) is 0.650. The zero-order valence-corrected chi connectivity index (χ0v) is 13.9. The van der Waals surface area contributed by atoms with Crippen molar-refractivity contribution < 1.29 is 14.3 Å². The molecule has 2 fully saturated rings. The molecule has 0 aliphatic heterocycles.